The second-order valence-electron chi connectivity index (χ2n) is 5.52. The molecule has 2 fully saturated rings. The number of piperazine rings is 1. The van der Waals surface area contributed by atoms with Crippen molar-refractivity contribution in [1.29, 1.82) is 0 Å². The highest BCUT2D eigenvalue weighted by atomic mass is 35.5. The van der Waals surface area contributed by atoms with Crippen molar-refractivity contribution in [2.45, 2.75) is 12.5 Å². The zero-order valence-corrected chi connectivity index (χ0v) is 13.0. The number of hydrogen-bond donors (Lipinski definition) is 0. The molecule has 0 aliphatic carbocycles. The van der Waals surface area contributed by atoms with Crippen LogP contribution in [0.5, 0.6) is 0 Å². The Labute approximate surface area is 130 Å². The van der Waals surface area contributed by atoms with Gasteiger partial charge in [0.2, 0.25) is 0 Å². The molecule has 3 heterocycles. The van der Waals surface area contributed by atoms with E-state index in [9.17, 15) is 0 Å². The fourth-order valence-corrected chi connectivity index (χ4v) is 2.90. The molecule has 6 heteroatoms. The maximum absolute atomic E-state index is 5.88. The number of halogens is 1. The van der Waals surface area contributed by atoms with Crippen LogP contribution in [0.4, 0.5) is 5.82 Å². The van der Waals surface area contributed by atoms with E-state index in [-0.39, 0.29) is 6.10 Å². The lowest BCUT2D eigenvalue weighted by atomic mass is 10.2. The first-order valence-electron chi connectivity index (χ1n) is 7.59. The summed E-state index contributed by atoms with van der Waals surface area (Å²) in [6.07, 6.45) is 3.04. The molecular weight excluding hydrogens is 290 g/mol. The highest BCUT2D eigenvalue weighted by Gasteiger charge is 2.20. The van der Waals surface area contributed by atoms with Crippen molar-refractivity contribution in [3.8, 4) is 0 Å². The van der Waals surface area contributed by atoms with Crippen molar-refractivity contribution in [3.05, 3.63) is 23.4 Å². The SMILES string of the molecule is Clc1ccc(N2CCN(CCC3COCCO3)CC2)nc1. The van der Waals surface area contributed by atoms with E-state index < -0.39 is 0 Å². The van der Waals surface area contributed by atoms with Crippen LogP contribution in [0.25, 0.3) is 0 Å². The molecule has 0 spiro atoms. The molecule has 2 saturated heterocycles. The summed E-state index contributed by atoms with van der Waals surface area (Å²) in [5, 5.41) is 0.687. The van der Waals surface area contributed by atoms with Gasteiger partial charge in [-0.3, -0.25) is 4.90 Å². The van der Waals surface area contributed by atoms with Gasteiger partial charge in [0, 0.05) is 38.9 Å². The molecule has 1 aromatic rings. The zero-order chi connectivity index (χ0) is 14.5. The zero-order valence-electron chi connectivity index (χ0n) is 12.2. The van der Waals surface area contributed by atoms with Crippen molar-refractivity contribution in [2.24, 2.45) is 0 Å². The van der Waals surface area contributed by atoms with Gasteiger partial charge in [-0.25, -0.2) is 4.98 Å². The molecule has 116 valence electrons. The molecule has 0 bridgehead atoms. The van der Waals surface area contributed by atoms with E-state index >= 15 is 0 Å². The van der Waals surface area contributed by atoms with Gasteiger partial charge in [0.1, 0.15) is 5.82 Å². The lowest BCUT2D eigenvalue weighted by molar-refractivity contribution is -0.0927. The van der Waals surface area contributed by atoms with E-state index in [1.165, 1.54) is 0 Å². The van der Waals surface area contributed by atoms with Gasteiger partial charge in [-0.05, 0) is 18.6 Å². The summed E-state index contributed by atoms with van der Waals surface area (Å²) in [5.41, 5.74) is 0. The lowest BCUT2D eigenvalue weighted by Crippen LogP contribution is -2.47. The standard InChI is InChI=1S/C15H22ClN3O2/c16-13-1-2-15(17-11-13)19-7-5-18(6-8-19)4-3-14-12-20-9-10-21-14/h1-2,11,14H,3-10,12H2. The molecule has 2 aliphatic rings. The monoisotopic (exact) mass is 311 g/mol. The molecule has 0 aromatic carbocycles. The smallest absolute Gasteiger partial charge is 0.128 e. The molecule has 0 radical (unpaired) electrons. The summed E-state index contributed by atoms with van der Waals surface area (Å²) in [6, 6.07) is 3.89. The maximum Gasteiger partial charge on any atom is 0.128 e. The Morgan fingerprint density at radius 2 is 2.05 bits per heavy atom. The lowest BCUT2D eigenvalue weighted by Gasteiger charge is -2.36. The van der Waals surface area contributed by atoms with Gasteiger partial charge in [0.15, 0.2) is 0 Å². The van der Waals surface area contributed by atoms with Crippen LogP contribution in [0.2, 0.25) is 5.02 Å². The van der Waals surface area contributed by atoms with E-state index in [1.54, 1.807) is 6.20 Å². The number of aromatic nitrogens is 1. The third-order valence-electron chi connectivity index (χ3n) is 4.06. The maximum atomic E-state index is 5.88. The quantitative estimate of drug-likeness (QED) is 0.845. The Kier molecular flexibility index (Phi) is 5.30. The first-order chi connectivity index (χ1) is 10.3. The van der Waals surface area contributed by atoms with Crippen LogP contribution in [-0.4, -0.2) is 68.5 Å². The minimum atomic E-state index is 0.273. The average Bonchev–Trinajstić information content (AvgIpc) is 2.55. The average molecular weight is 312 g/mol. The van der Waals surface area contributed by atoms with Crippen LogP contribution in [0.15, 0.2) is 18.3 Å². The third-order valence-corrected chi connectivity index (χ3v) is 4.28. The van der Waals surface area contributed by atoms with Gasteiger partial charge in [0.25, 0.3) is 0 Å². The number of pyridine rings is 1. The van der Waals surface area contributed by atoms with E-state index in [4.69, 9.17) is 21.1 Å². The highest BCUT2D eigenvalue weighted by Crippen LogP contribution is 2.16. The Morgan fingerprint density at radius 1 is 1.19 bits per heavy atom. The third kappa shape index (κ3) is 4.30. The molecule has 1 unspecified atom stereocenters. The summed E-state index contributed by atoms with van der Waals surface area (Å²) >= 11 is 5.88. The molecule has 1 atom stereocenters. The first-order valence-corrected chi connectivity index (χ1v) is 7.97. The Morgan fingerprint density at radius 3 is 2.71 bits per heavy atom. The Bertz CT molecular complexity index is 429. The summed E-state index contributed by atoms with van der Waals surface area (Å²) in [4.78, 5) is 9.19. The number of ether oxygens (including phenoxy) is 2. The van der Waals surface area contributed by atoms with Crippen LogP contribution >= 0.6 is 11.6 Å². The van der Waals surface area contributed by atoms with Crippen molar-refractivity contribution in [2.75, 3.05) is 57.4 Å². The van der Waals surface area contributed by atoms with Gasteiger partial charge in [-0.1, -0.05) is 11.6 Å². The van der Waals surface area contributed by atoms with Gasteiger partial charge < -0.3 is 14.4 Å². The normalized spacial score (nSPS) is 24.2. The number of nitrogens with zero attached hydrogens (tertiary/aromatic N) is 3. The fourth-order valence-electron chi connectivity index (χ4n) is 2.79. The van der Waals surface area contributed by atoms with E-state index in [0.29, 0.717) is 5.02 Å². The fraction of sp³-hybridized carbons (Fsp3) is 0.667. The summed E-state index contributed by atoms with van der Waals surface area (Å²) in [5.74, 6) is 1.02. The topological polar surface area (TPSA) is 37.8 Å². The molecule has 0 N–H and O–H groups in total. The van der Waals surface area contributed by atoms with Crippen LogP contribution in [0, 0.1) is 0 Å². The molecule has 0 amide bonds. The largest absolute Gasteiger partial charge is 0.376 e. The second-order valence-corrected chi connectivity index (χ2v) is 5.96. The van der Waals surface area contributed by atoms with E-state index in [1.807, 2.05) is 12.1 Å². The van der Waals surface area contributed by atoms with Crippen molar-refractivity contribution in [1.82, 2.24) is 9.88 Å². The predicted octanol–water partition coefficient (Wildman–Crippen LogP) is 1.66. The van der Waals surface area contributed by atoms with Crippen molar-refractivity contribution >= 4 is 17.4 Å². The molecule has 21 heavy (non-hydrogen) atoms. The van der Waals surface area contributed by atoms with Crippen LogP contribution in [-0.2, 0) is 9.47 Å². The van der Waals surface area contributed by atoms with E-state index in [2.05, 4.69) is 14.8 Å². The summed E-state index contributed by atoms with van der Waals surface area (Å²) < 4.78 is 11.1. The Hall–Kier alpha value is -0.880. The molecule has 3 rings (SSSR count). The first kappa shape index (κ1) is 15.0. The van der Waals surface area contributed by atoms with Gasteiger partial charge in [-0.15, -0.1) is 0 Å². The van der Waals surface area contributed by atoms with Gasteiger partial charge >= 0.3 is 0 Å². The minimum absolute atomic E-state index is 0.273. The molecular formula is C15H22ClN3O2. The van der Waals surface area contributed by atoms with Crippen LogP contribution < -0.4 is 4.90 Å². The number of anilines is 1. The molecule has 1 aromatic heterocycles. The molecule has 0 saturated carbocycles. The van der Waals surface area contributed by atoms with Crippen molar-refractivity contribution in [3.63, 3.8) is 0 Å². The number of rotatable bonds is 4. The number of hydrogen-bond acceptors (Lipinski definition) is 5. The molecule has 5 nitrogen and oxygen atoms in total. The van der Waals surface area contributed by atoms with Gasteiger partial charge in [-0.2, -0.15) is 0 Å². The minimum Gasteiger partial charge on any atom is -0.376 e. The second kappa shape index (κ2) is 7.40. The van der Waals surface area contributed by atoms with Gasteiger partial charge in [0.05, 0.1) is 30.9 Å². The van der Waals surface area contributed by atoms with Crippen LogP contribution in [0.1, 0.15) is 6.42 Å². The van der Waals surface area contributed by atoms with Crippen LogP contribution in [0.3, 0.4) is 0 Å². The van der Waals surface area contributed by atoms with E-state index in [0.717, 1.165) is 64.8 Å². The summed E-state index contributed by atoms with van der Waals surface area (Å²) in [6.45, 7) is 7.46. The summed E-state index contributed by atoms with van der Waals surface area (Å²) in [7, 11) is 0. The Balaban J connectivity index is 1.41. The van der Waals surface area contributed by atoms with Crippen molar-refractivity contribution < 1.29 is 9.47 Å². The molecule has 2 aliphatic heterocycles. The predicted molar refractivity (Wildman–Crippen MR) is 83.1 cm³/mol. The highest BCUT2D eigenvalue weighted by molar-refractivity contribution is 6.30.